The zero-order valence-electron chi connectivity index (χ0n) is 11.7. The molecule has 1 aromatic heterocycles. The lowest BCUT2D eigenvalue weighted by atomic mass is 10.2. The van der Waals surface area contributed by atoms with Gasteiger partial charge in [-0.05, 0) is 37.7 Å². The lowest BCUT2D eigenvalue weighted by Gasteiger charge is -2.16. The smallest absolute Gasteiger partial charge is 0.0897 e. The first-order valence-electron chi connectivity index (χ1n) is 6.70. The van der Waals surface area contributed by atoms with Crippen LogP contribution >= 0.6 is 39.0 Å². The largest absolute Gasteiger partial charge is 0.313 e. The number of nitrogens with zero attached hydrogens (tertiary/aromatic N) is 1. The zero-order chi connectivity index (χ0) is 14.4. The average molecular weight is 371 g/mol. The van der Waals surface area contributed by atoms with Gasteiger partial charge in [0.25, 0.3) is 0 Å². The molecule has 0 amide bonds. The maximum atomic E-state index is 4.56. The highest BCUT2D eigenvalue weighted by Gasteiger charge is 2.11. The van der Waals surface area contributed by atoms with Gasteiger partial charge in [-0.15, -0.1) is 23.1 Å². The Morgan fingerprint density at radius 3 is 2.70 bits per heavy atom. The standard InChI is InChI=1S/C15H19BrN2S2/c1-3-17-13(8-14-10-19-11(2)18-14)9-20-15-6-4-12(16)5-7-15/h4-7,10,13,17H,3,8-9H2,1-2H3. The second-order valence-electron chi connectivity index (χ2n) is 4.58. The van der Waals surface area contributed by atoms with Crippen LogP contribution in [0.1, 0.15) is 17.6 Å². The van der Waals surface area contributed by atoms with E-state index in [9.17, 15) is 0 Å². The van der Waals surface area contributed by atoms with Crippen LogP contribution in [-0.2, 0) is 6.42 Å². The molecule has 5 heteroatoms. The summed E-state index contributed by atoms with van der Waals surface area (Å²) >= 11 is 7.09. The topological polar surface area (TPSA) is 24.9 Å². The van der Waals surface area contributed by atoms with Gasteiger partial charge in [-0.3, -0.25) is 0 Å². The lowest BCUT2D eigenvalue weighted by molar-refractivity contribution is 0.567. The molecular formula is C15H19BrN2S2. The van der Waals surface area contributed by atoms with Gasteiger partial charge in [-0.1, -0.05) is 22.9 Å². The van der Waals surface area contributed by atoms with E-state index in [2.05, 4.69) is 69.7 Å². The van der Waals surface area contributed by atoms with Gasteiger partial charge in [-0.25, -0.2) is 4.98 Å². The number of rotatable bonds is 7. The molecule has 1 atom stereocenters. The Morgan fingerprint density at radius 1 is 1.35 bits per heavy atom. The zero-order valence-corrected chi connectivity index (χ0v) is 14.9. The third-order valence-electron chi connectivity index (χ3n) is 2.88. The number of benzene rings is 1. The Bertz CT molecular complexity index is 525. The quantitative estimate of drug-likeness (QED) is 0.724. The third kappa shape index (κ3) is 5.20. The highest BCUT2D eigenvalue weighted by Crippen LogP contribution is 2.22. The maximum Gasteiger partial charge on any atom is 0.0897 e. The van der Waals surface area contributed by atoms with Crippen LogP contribution < -0.4 is 5.32 Å². The van der Waals surface area contributed by atoms with Crippen molar-refractivity contribution < 1.29 is 0 Å². The number of likely N-dealkylation sites (N-methyl/N-ethyl adjacent to an activating group) is 1. The average Bonchev–Trinajstić information content (AvgIpc) is 2.83. The maximum absolute atomic E-state index is 4.56. The minimum atomic E-state index is 0.468. The number of hydrogen-bond acceptors (Lipinski definition) is 4. The highest BCUT2D eigenvalue weighted by molar-refractivity contribution is 9.10. The van der Waals surface area contributed by atoms with Crippen LogP contribution in [0, 0.1) is 6.92 Å². The molecule has 0 aliphatic heterocycles. The molecule has 1 N–H and O–H groups in total. The number of hydrogen-bond donors (Lipinski definition) is 1. The lowest BCUT2D eigenvalue weighted by Crippen LogP contribution is -2.33. The van der Waals surface area contributed by atoms with Crippen LogP contribution in [-0.4, -0.2) is 23.3 Å². The van der Waals surface area contributed by atoms with Crippen LogP contribution in [0.3, 0.4) is 0 Å². The fourth-order valence-electron chi connectivity index (χ4n) is 1.96. The van der Waals surface area contributed by atoms with Gasteiger partial charge in [0.05, 0.1) is 10.7 Å². The number of aromatic nitrogens is 1. The molecule has 1 unspecified atom stereocenters. The van der Waals surface area contributed by atoms with Crippen molar-refractivity contribution in [2.24, 2.45) is 0 Å². The van der Waals surface area contributed by atoms with E-state index in [1.54, 1.807) is 11.3 Å². The molecule has 0 radical (unpaired) electrons. The second kappa shape index (κ2) is 8.17. The molecule has 0 saturated heterocycles. The van der Waals surface area contributed by atoms with Crippen molar-refractivity contribution in [2.45, 2.75) is 31.2 Å². The van der Waals surface area contributed by atoms with Crippen molar-refractivity contribution in [2.75, 3.05) is 12.3 Å². The molecule has 0 spiro atoms. The van der Waals surface area contributed by atoms with Crippen molar-refractivity contribution in [3.8, 4) is 0 Å². The molecule has 0 fully saturated rings. The van der Waals surface area contributed by atoms with E-state index in [1.165, 1.54) is 10.6 Å². The molecule has 2 rings (SSSR count). The summed E-state index contributed by atoms with van der Waals surface area (Å²) in [6.07, 6.45) is 1.00. The highest BCUT2D eigenvalue weighted by atomic mass is 79.9. The summed E-state index contributed by atoms with van der Waals surface area (Å²) in [6, 6.07) is 8.97. The molecule has 108 valence electrons. The van der Waals surface area contributed by atoms with E-state index in [0.29, 0.717) is 6.04 Å². The monoisotopic (exact) mass is 370 g/mol. The Hall–Kier alpha value is -0.360. The molecule has 0 aliphatic carbocycles. The first kappa shape index (κ1) is 16.0. The number of halogens is 1. The number of nitrogens with one attached hydrogen (secondary N) is 1. The van der Waals surface area contributed by atoms with Crippen molar-refractivity contribution in [3.63, 3.8) is 0 Å². The molecule has 2 aromatic rings. The first-order valence-corrected chi connectivity index (χ1v) is 9.36. The van der Waals surface area contributed by atoms with Crippen LogP contribution in [0.2, 0.25) is 0 Å². The SMILES string of the molecule is CCNC(CSc1ccc(Br)cc1)Cc1csc(C)n1. The van der Waals surface area contributed by atoms with Crippen molar-refractivity contribution >= 4 is 39.0 Å². The molecule has 1 heterocycles. The summed E-state index contributed by atoms with van der Waals surface area (Å²) < 4.78 is 1.13. The second-order valence-corrected chi connectivity index (χ2v) is 7.65. The van der Waals surface area contributed by atoms with E-state index in [4.69, 9.17) is 0 Å². The third-order valence-corrected chi connectivity index (χ3v) is 5.41. The normalized spacial score (nSPS) is 12.6. The summed E-state index contributed by atoms with van der Waals surface area (Å²) in [5.74, 6) is 1.06. The van der Waals surface area contributed by atoms with Gasteiger partial charge < -0.3 is 5.32 Å². The van der Waals surface area contributed by atoms with Gasteiger partial charge >= 0.3 is 0 Å². The van der Waals surface area contributed by atoms with Crippen LogP contribution in [0.25, 0.3) is 0 Å². The van der Waals surface area contributed by atoms with Gasteiger partial charge in [-0.2, -0.15) is 0 Å². The molecule has 2 nitrogen and oxygen atoms in total. The van der Waals surface area contributed by atoms with E-state index in [-0.39, 0.29) is 0 Å². The molecule has 0 bridgehead atoms. The Labute approximate surface area is 137 Å². The summed E-state index contributed by atoms with van der Waals surface area (Å²) in [4.78, 5) is 5.87. The van der Waals surface area contributed by atoms with Gasteiger partial charge in [0.15, 0.2) is 0 Å². The van der Waals surface area contributed by atoms with Gasteiger partial charge in [0.2, 0.25) is 0 Å². The molecule has 0 aliphatic rings. The Kier molecular flexibility index (Phi) is 6.55. The fourth-order valence-corrected chi connectivity index (χ4v) is 3.81. The van der Waals surface area contributed by atoms with Crippen LogP contribution in [0.5, 0.6) is 0 Å². The summed E-state index contributed by atoms with van der Waals surface area (Å²) in [6.45, 7) is 5.21. The Balaban J connectivity index is 1.90. The molecule has 1 aromatic carbocycles. The number of thioether (sulfide) groups is 1. The fraction of sp³-hybridized carbons (Fsp3) is 0.400. The van der Waals surface area contributed by atoms with Crippen molar-refractivity contribution in [3.05, 3.63) is 44.8 Å². The first-order chi connectivity index (χ1) is 9.67. The van der Waals surface area contributed by atoms with E-state index < -0.39 is 0 Å². The number of aryl methyl sites for hydroxylation is 1. The summed E-state index contributed by atoms with van der Waals surface area (Å²) in [5.41, 5.74) is 1.20. The van der Waals surface area contributed by atoms with E-state index >= 15 is 0 Å². The predicted molar refractivity (Wildman–Crippen MR) is 92.9 cm³/mol. The number of thiazole rings is 1. The molecule has 0 saturated carbocycles. The van der Waals surface area contributed by atoms with E-state index in [1.807, 2.05) is 11.8 Å². The van der Waals surface area contributed by atoms with Crippen LogP contribution in [0.15, 0.2) is 39.0 Å². The van der Waals surface area contributed by atoms with Crippen molar-refractivity contribution in [1.29, 1.82) is 0 Å². The van der Waals surface area contributed by atoms with Gasteiger partial charge in [0.1, 0.15) is 0 Å². The minimum Gasteiger partial charge on any atom is -0.313 e. The summed E-state index contributed by atoms with van der Waals surface area (Å²) in [5, 5.41) is 6.88. The van der Waals surface area contributed by atoms with E-state index in [0.717, 1.165) is 28.2 Å². The molecule has 20 heavy (non-hydrogen) atoms. The Morgan fingerprint density at radius 2 is 2.10 bits per heavy atom. The van der Waals surface area contributed by atoms with Gasteiger partial charge in [0, 0.05) is 33.0 Å². The predicted octanol–water partition coefficient (Wildman–Crippen LogP) is 4.53. The minimum absolute atomic E-state index is 0.468. The van der Waals surface area contributed by atoms with Crippen molar-refractivity contribution in [1.82, 2.24) is 10.3 Å². The van der Waals surface area contributed by atoms with Crippen LogP contribution in [0.4, 0.5) is 0 Å². The summed E-state index contributed by atoms with van der Waals surface area (Å²) in [7, 11) is 0. The molecular weight excluding hydrogens is 352 g/mol.